The predicted molar refractivity (Wildman–Crippen MR) is 96.8 cm³/mol. The molecule has 1 aliphatic carbocycles. The van der Waals surface area contributed by atoms with E-state index in [-0.39, 0.29) is 0 Å². The highest BCUT2D eigenvalue weighted by Crippen LogP contribution is 2.41. The first-order valence-corrected chi connectivity index (χ1v) is 8.91. The third kappa shape index (κ3) is 3.12. The number of carbonyl (C=O) groups is 3. The molecule has 2 aliphatic rings. The molecule has 1 atom stereocenters. The molecule has 29 heavy (non-hydrogen) atoms. The van der Waals surface area contributed by atoms with Gasteiger partial charge in [0.2, 0.25) is 5.91 Å². The first kappa shape index (κ1) is 19.0. The van der Waals surface area contributed by atoms with E-state index >= 15 is 0 Å². The van der Waals surface area contributed by atoms with Crippen molar-refractivity contribution in [3.8, 4) is 0 Å². The number of nitrogens with one attached hydrogen (secondary N) is 2. The molecule has 0 saturated carbocycles. The molecule has 0 aromatic heterocycles. The molecule has 0 radical (unpaired) electrons. The second kappa shape index (κ2) is 6.61. The van der Waals surface area contributed by atoms with Crippen LogP contribution in [0.15, 0.2) is 48.5 Å². The van der Waals surface area contributed by atoms with Crippen molar-refractivity contribution in [3.63, 3.8) is 0 Å². The van der Waals surface area contributed by atoms with Gasteiger partial charge in [0, 0.05) is 0 Å². The lowest BCUT2D eigenvalue weighted by Gasteiger charge is -2.22. The Kier molecular flexibility index (Phi) is 4.33. The van der Waals surface area contributed by atoms with Crippen molar-refractivity contribution in [2.75, 3.05) is 11.9 Å². The molecule has 0 bridgehead atoms. The van der Waals surface area contributed by atoms with Gasteiger partial charge in [-0.1, -0.05) is 36.4 Å². The number of amides is 4. The number of para-hydroxylation sites is 1. The summed E-state index contributed by atoms with van der Waals surface area (Å²) in [6.07, 6.45) is -3.69. The number of benzene rings is 2. The average Bonchev–Trinajstić information content (AvgIpc) is 3.15. The topological polar surface area (TPSA) is 78.5 Å². The zero-order chi connectivity index (χ0) is 20.8. The highest BCUT2D eigenvalue weighted by molar-refractivity contribution is 6.11. The van der Waals surface area contributed by atoms with Gasteiger partial charge < -0.3 is 10.6 Å². The monoisotopic (exact) mass is 403 g/mol. The number of halogens is 3. The van der Waals surface area contributed by atoms with Crippen molar-refractivity contribution in [3.05, 3.63) is 65.2 Å². The number of imide groups is 1. The van der Waals surface area contributed by atoms with Crippen LogP contribution in [0.2, 0.25) is 0 Å². The van der Waals surface area contributed by atoms with Crippen LogP contribution in [0, 0.1) is 0 Å². The third-order valence-corrected chi connectivity index (χ3v) is 5.23. The van der Waals surface area contributed by atoms with Gasteiger partial charge in [-0.25, -0.2) is 4.79 Å². The molecular weight excluding hydrogens is 387 g/mol. The zero-order valence-electron chi connectivity index (χ0n) is 15.0. The van der Waals surface area contributed by atoms with Gasteiger partial charge in [-0.05, 0) is 36.1 Å². The SMILES string of the molecule is O=C(CN1C(=O)N[C@]2(CCc3ccccc32)C1=O)Nc1ccccc1C(F)(F)F. The molecule has 1 fully saturated rings. The van der Waals surface area contributed by atoms with E-state index in [2.05, 4.69) is 10.6 Å². The summed E-state index contributed by atoms with van der Waals surface area (Å²) in [5, 5.41) is 4.82. The third-order valence-electron chi connectivity index (χ3n) is 5.23. The fourth-order valence-corrected chi connectivity index (χ4v) is 3.91. The molecule has 2 N–H and O–H groups in total. The van der Waals surface area contributed by atoms with Crippen molar-refractivity contribution < 1.29 is 27.6 Å². The van der Waals surface area contributed by atoms with Gasteiger partial charge in [-0.3, -0.25) is 14.5 Å². The summed E-state index contributed by atoms with van der Waals surface area (Å²) in [5.74, 6) is -1.47. The number of urea groups is 1. The van der Waals surface area contributed by atoms with E-state index < -0.39 is 47.4 Å². The Balaban J connectivity index is 1.54. The van der Waals surface area contributed by atoms with Crippen molar-refractivity contribution >= 4 is 23.5 Å². The lowest BCUT2D eigenvalue weighted by Crippen LogP contribution is -2.43. The average molecular weight is 403 g/mol. The molecule has 6 nitrogen and oxygen atoms in total. The molecule has 1 heterocycles. The normalized spacial score (nSPS) is 20.7. The lowest BCUT2D eigenvalue weighted by atomic mass is 9.92. The Hall–Kier alpha value is -3.36. The zero-order valence-corrected chi connectivity index (χ0v) is 15.0. The number of aryl methyl sites for hydroxylation is 1. The van der Waals surface area contributed by atoms with Crippen LogP contribution in [0.1, 0.15) is 23.1 Å². The van der Waals surface area contributed by atoms with E-state index in [1.54, 1.807) is 12.1 Å². The van der Waals surface area contributed by atoms with Crippen LogP contribution >= 0.6 is 0 Å². The largest absolute Gasteiger partial charge is 0.418 e. The van der Waals surface area contributed by atoms with Crippen LogP contribution < -0.4 is 10.6 Å². The summed E-state index contributed by atoms with van der Waals surface area (Å²) in [5.41, 5.74) is -1.04. The van der Waals surface area contributed by atoms with E-state index in [0.717, 1.165) is 22.6 Å². The van der Waals surface area contributed by atoms with Crippen molar-refractivity contribution in [2.24, 2.45) is 0 Å². The summed E-state index contributed by atoms with van der Waals surface area (Å²) >= 11 is 0. The van der Waals surface area contributed by atoms with Crippen molar-refractivity contribution in [1.29, 1.82) is 0 Å². The van der Waals surface area contributed by atoms with Crippen LogP contribution in [0.3, 0.4) is 0 Å². The summed E-state index contributed by atoms with van der Waals surface area (Å²) in [7, 11) is 0. The van der Waals surface area contributed by atoms with Crippen molar-refractivity contribution in [1.82, 2.24) is 10.2 Å². The lowest BCUT2D eigenvalue weighted by molar-refractivity contribution is -0.137. The van der Waals surface area contributed by atoms with E-state index in [1.165, 1.54) is 12.1 Å². The van der Waals surface area contributed by atoms with Crippen LogP contribution in [0.25, 0.3) is 0 Å². The smallest absolute Gasteiger partial charge is 0.324 e. The first-order valence-electron chi connectivity index (χ1n) is 8.91. The molecule has 1 spiro atoms. The van der Waals surface area contributed by atoms with Crippen molar-refractivity contribution in [2.45, 2.75) is 24.6 Å². The molecule has 4 amide bonds. The number of nitrogens with zero attached hydrogens (tertiary/aromatic N) is 1. The van der Waals surface area contributed by atoms with Gasteiger partial charge in [0.05, 0.1) is 11.3 Å². The minimum atomic E-state index is -4.65. The number of hydrogen-bond acceptors (Lipinski definition) is 3. The van der Waals surface area contributed by atoms with Gasteiger partial charge in [-0.2, -0.15) is 13.2 Å². The second-order valence-corrected chi connectivity index (χ2v) is 6.98. The summed E-state index contributed by atoms with van der Waals surface area (Å²) < 4.78 is 39.3. The molecule has 1 saturated heterocycles. The Morgan fingerprint density at radius 1 is 1.10 bits per heavy atom. The fraction of sp³-hybridized carbons (Fsp3) is 0.250. The van der Waals surface area contributed by atoms with Crippen LogP contribution in [0.4, 0.5) is 23.7 Å². The molecule has 1 aliphatic heterocycles. The van der Waals surface area contributed by atoms with Gasteiger partial charge in [0.1, 0.15) is 12.1 Å². The fourth-order valence-electron chi connectivity index (χ4n) is 3.91. The van der Waals surface area contributed by atoms with Crippen LogP contribution in [-0.4, -0.2) is 29.3 Å². The minimum Gasteiger partial charge on any atom is -0.324 e. The van der Waals surface area contributed by atoms with Gasteiger partial charge in [0.25, 0.3) is 5.91 Å². The molecule has 2 aromatic rings. The van der Waals surface area contributed by atoms with E-state index in [1.807, 2.05) is 12.1 Å². The number of rotatable bonds is 3. The number of carbonyl (C=O) groups excluding carboxylic acids is 3. The number of fused-ring (bicyclic) bond motifs is 2. The Labute approximate surface area is 163 Å². The maximum Gasteiger partial charge on any atom is 0.418 e. The minimum absolute atomic E-state index is 0.367. The van der Waals surface area contributed by atoms with Gasteiger partial charge >= 0.3 is 12.2 Å². The Bertz CT molecular complexity index is 1020. The first-order chi connectivity index (χ1) is 13.7. The highest BCUT2D eigenvalue weighted by Gasteiger charge is 2.55. The molecular formula is C20H16F3N3O3. The molecule has 9 heteroatoms. The summed E-state index contributed by atoms with van der Waals surface area (Å²) in [6.45, 7) is -0.680. The molecule has 150 valence electrons. The Morgan fingerprint density at radius 3 is 2.55 bits per heavy atom. The summed E-state index contributed by atoms with van der Waals surface area (Å²) in [6, 6.07) is 11.0. The predicted octanol–water partition coefficient (Wildman–Crippen LogP) is 3.04. The van der Waals surface area contributed by atoms with Crippen LogP contribution in [0.5, 0.6) is 0 Å². The molecule has 2 aromatic carbocycles. The quantitative estimate of drug-likeness (QED) is 0.774. The summed E-state index contributed by atoms with van der Waals surface area (Å²) in [4.78, 5) is 38.5. The number of alkyl halides is 3. The number of hydrogen-bond donors (Lipinski definition) is 2. The Morgan fingerprint density at radius 2 is 1.79 bits per heavy atom. The van der Waals surface area contributed by atoms with Crippen LogP contribution in [-0.2, 0) is 27.7 Å². The van der Waals surface area contributed by atoms with E-state index in [4.69, 9.17) is 0 Å². The van der Waals surface area contributed by atoms with Gasteiger partial charge in [-0.15, -0.1) is 0 Å². The number of anilines is 1. The standard InChI is InChI=1S/C20H16F3N3O3/c21-20(22,23)14-7-3-4-8-15(14)24-16(27)11-26-17(28)19(25-18(26)29)10-9-12-5-1-2-6-13(12)19/h1-8H,9-11H2,(H,24,27)(H,25,29)/t19-/m0/s1. The maximum absolute atomic E-state index is 13.1. The maximum atomic E-state index is 13.1. The van der Waals surface area contributed by atoms with E-state index in [0.29, 0.717) is 18.4 Å². The highest BCUT2D eigenvalue weighted by atomic mass is 19.4. The second-order valence-electron chi connectivity index (χ2n) is 6.98. The van der Waals surface area contributed by atoms with Gasteiger partial charge in [0.15, 0.2) is 0 Å². The van der Waals surface area contributed by atoms with E-state index in [9.17, 15) is 27.6 Å². The molecule has 0 unspecified atom stereocenters. The molecule has 4 rings (SSSR count).